The van der Waals surface area contributed by atoms with Gasteiger partial charge in [0.05, 0.1) is 13.4 Å². The highest BCUT2D eigenvalue weighted by Crippen LogP contribution is 2.08. The van der Waals surface area contributed by atoms with Gasteiger partial charge in [-0.15, -0.1) is 0 Å². The Kier molecular flexibility index (Phi) is 1.95. The van der Waals surface area contributed by atoms with Gasteiger partial charge in [-0.05, 0) is 35.9 Å². The molecule has 4 heteroatoms. The van der Waals surface area contributed by atoms with E-state index >= 15 is 0 Å². The summed E-state index contributed by atoms with van der Waals surface area (Å²) in [6, 6.07) is 7.24. The van der Waals surface area contributed by atoms with Crippen LogP contribution in [0.2, 0.25) is 0 Å². The topological polar surface area (TPSA) is 31.2 Å². The third kappa shape index (κ3) is 2.60. The fraction of sp³-hybridized carbons (Fsp3) is 0.154. The van der Waals surface area contributed by atoms with Crippen LogP contribution in [0.15, 0.2) is 47.4 Å². The van der Waals surface area contributed by atoms with Gasteiger partial charge in [0, 0.05) is 25.0 Å². The molecule has 88 valence electrons. The molecule has 0 saturated heterocycles. The highest BCUT2D eigenvalue weighted by atomic mass is 19.1. The van der Waals surface area contributed by atoms with Crippen molar-refractivity contribution in [2.24, 2.45) is 0 Å². The second-order valence-corrected chi connectivity index (χ2v) is 3.31. The molecular formula is C13H12FNO2. The summed E-state index contributed by atoms with van der Waals surface area (Å²) < 4.78 is 54.8. The van der Waals surface area contributed by atoms with Gasteiger partial charge in [0.1, 0.15) is 5.82 Å². The van der Waals surface area contributed by atoms with Crippen LogP contribution >= 0.6 is 0 Å². The van der Waals surface area contributed by atoms with Crippen LogP contribution in [0.25, 0.3) is 5.69 Å². The molecule has 0 aliphatic rings. The molecule has 1 aromatic heterocycles. The molecule has 0 spiro atoms. The quantitative estimate of drug-likeness (QED) is 0.820. The Morgan fingerprint density at radius 1 is 1.35 bits per heavy atom. The van der Waals surface area contributed by atoms with E-state index in [-0.39, 0.29) is 5.56 Å². The van der Waals surface area contributed by atoms with Gasteiger partial charge in [-0.1, -0.05) is 0 Å². The van der Waals surface area contributed by atoms with Gasteiger partial charge >= 0.3 is 0 Å². The molecule has 1 heterocycles. The van der Waals surface area contributed by atoms with Gasteiger partial charge in [0.2, 0.25) is 0 Å². The third-order valence-corrected chi connectivity index (χ3v) is 2.18. The number of ether oxygens (including phenoxy) is 1. The first-order chi connectivity index (χ1) is 10.1. The second kappa shape index (κ2) is 4.93. The van der Waals surface area contributed by atoms with E-state index in [1.165, 1.54) is 12.1 Å². The fourth-order valence-corrected chi connectivity index (χ4v) is 1.41. The predicted molar refractivity (Wildman–Crippen MR) is 62.7 cm³/mol. The highest BCUT2D eigenvalue weighted by Gasteiger charge is 2.01. The van der Waals surface area contributed by atoms with Gasteiger partial charge in [-0.25, -0.2) is 4.39 Å². The molecule has 2 aromatic rings. The van der Waals surface area contributed by atoms with E-state index in [1.54, 1.807) is 0 Å². The van der Waals surface area contributed by atoms with Gasteiger partial charge in [0.25, 0.3) is 5.56 Å². The summed E-state index contributed by atoms with van der Waals surface area (Å²) in [6.07, 6.45) is 1.13. The van der Waals surface area contributed by atoms with E-state index < -0.39 is 25.0 Å². The Labute approximate surface area is 105 Å². The maximum atomic E-state index is 12.9. The number of rotatable bonds is 3. The summed E-state index contributed by atoms with van der Waals surface area (Å²) in [5.41, 5.74) is -0.300. The molecule has 2 rings (SSSR count). The van der Waals surface area contributed by atoms with Gasteiger partial charge in [-0.3, -0.25) is 9.36 Å². The normalized spacial score (nSPS) is 16.4. The first-order valence-corrected chi connectivity index (χ1v) is 4.78. The van der Waals surface area contributed by atoms with E-state index in [1.807, 2.05) is 0 Å². The summed E-state index contributed by atoms with van der Waals surface area (Å²) >= 11 is 0. The minimum atomic E-state index is -2.93. The molecule has 17 heavy (non-hydrogen) atoms. The minimum Gasteiger partial charge on any atom is -0.380 e. The maximum Gasteiger partial charge on any atom is 0.255 e. The maximum absolute atomic E-state index is 12.9. The Hall–Kier alpha value is -1.94. The zero-order valence-electron chi connectivity index (χ0n) is 13.7. The number of nitrogens with zero attached hydrogens (tertiary/aromatic N) is 1. The second-order valence-electron chi connectivity index (χ2n) is 3.31. The molecule has 0 aliphatic heterocycles. The van der Waals surface area contributed by atoms with E-state index in [0.717, 1.165) is 35.0 Å². The lowest BCUT2D eigenvalue weighted by molar-refractivity contribution is 0.184. The van der Waals surface area contributed by atoms with Crippen LogP contribution in [-0.4, -0.2) is 11.6 Å². The number of pyridine rings is 1. The van der Waals surface area contributed by atoms with Crippen LogP contribution in [0, 0.1) is 5.82 Å². The van der Waals surface area contributed by atoms with Crippen molar-refractivity contribution < 1.29 is 16.0 Å². The Morgan fingerprint density at radius 3 is 2.82 bits per heavy atom. The van der Waals surface area contributed by atoms with Crippen molar-refractivity contribution in [2.45, 2.75) is 6.56 Å². The SMILES string of the molecule is [2H]C([2H])([2H])OC([2H])([2H])c1ccc(=O)n(-c2ccc(F)cc2)c1. The lowest BCUT2D eigenvalue weighted by Gasteiger charge is -2.07. The Bertz CT molecular complexity index is 724. The van der Waals surface area contributed by atoms with Crippen LogP contribution in [-0.2, 0) is 11.3 Å². The average Bonchev–Trinajstić information content (AvgIpc) is 2.37. The molecule has 0 radical (unpaired) electrons. The van der Waals surface area contributed by atoms with Crippen LogP contribution < -0.4 is 5.56 Å². The number of hydrogen-bond acceptors (Lipinski definition) is 2. The standard InChI is InChI=1S/C13H12FNO2/c1-17-9-10-2-7-13(16)15(8-10)12-5-3-11(14)4-6-12/h2-8H,9H2,1H3/i1D3,9D2. The zero-order chi connectivity index (χ0) is 16.5. The van der Waals surface area contributed by atoms with E-state index in [9.17, 15) is 9.18 Å². The number of aromatic nitrogens is 1. The minimum absolute atomic E-state index is 0.146. The summed E-state index contributed by atoms with van der Waals surface area (Å²) in [5.74, 6) is -0.478. The Morgan fingerprint density at radius 2 is 2.12 bits per heavy atom. The lowest BCUT2D eigenvalue weighted by atomic mass is 10.2. The van der Waals surface area contributed by atoms with Crippen LogP contribution in [0.1, 0.15) is 12.4 Å². The number of hydrogen-bond donors (Lipinski definition) is 0. The van der Waals surface area contributed by atoms with Crippen molar-refractivity contribution in [3.05, 3.63) is 64.3 Å². The molecule has 0 atom stereocenters. The molecule has 0 bridgehead atoms. The van der Waals surface area contributed by atoms with Crippen molar-refractivity contribution in [1.29, 1.82) is 0 Å². The van der Waals surface area contributed by atoms with Crippen molar-refractivity contribution >= 4 is 0 Å². The number of halogens is 1. The Balaban J connectivity index is 2.47. The monoisotopic (exact) mass is 238 g/mol. The molecular weight excluding hydrogens is 221 g/mol. The van der Waals surface area contributed by atoms with Crippen molar-refractivity contribution in [3.8, 4) is 5.69 Å². The zero-order valence-corrected chi connectivity index (χ0v) is 8.68. The largest absolute Gasteiger partial charge is 0.380 e. The highest BCUT2D eigenvalue weighted by molar-refractivity contribution is 5.33. The van der Waals surface area contributed by atoms with Crippen LogP contribution in [0.5, 0.6) is 0 Å². The summed E-state index contributed by atoms with van der Waals surface area (Å²) in [7, 11) is -2.93. The molecule has 0 unspecified atom stereocenters. The molecule has 1 aromatic carbocycles. The summed E-state index contributed by atoms with van der Waals surface area (Å²) in [5, 5.41) is 0. The third-order valence-electron chi connectivity index (χ3n) is 2.18. The van der Waals surface area contributed by atoms with Crippen molar-refractivity contribution in [3.63, 3.8) is 0 Å². The van der Waals surface area contributed by atoms with Crippen LogP contribution in [0.4, 0.5) is 4.39 Å². The summed E-state index contributed by atoms with van der Waals surface area (Å²) in [6.45, 7) is -2.61. The summed E-state index contributed by atoms with van der Waals surface area (Å²) in [4.78, 5) is 11.9. The first kappa shape index (κ1) is 6.71. The van der Waals surface area contributed by atoms with Gasteiger partial charge in [0.15, 0.2) is 0 Å². The van der Waals surface area contributed by atoms with Crippen LogP contribution in [0.3, 0.4) is 0 Å². The molecule has 0 fully saturated rings. The first-order valence-electron chi connectivity index (χ1n) is 7.28. The molecule has 0 N–H and O–H groups in total. The van der Waals surface area contributed by atoms with Gasteiger partial charge in [-0.2, -0.15) is 0 Å². The molecule has 3 nitrogen and oxygen atoms in total. The van der Waals surface area contributed by atoms with Crippen molar-refractivity contribution in [1.82, 2.24) is 4.57 Å². The van der Waals surface area contributed by atoms with Gasteiger partial charge < -0.3 is 4.74 Å². The van der Waals surface area contributed by atoms with Crippen molar-refractivity contribution in [2.75, 3.05) is 7.04 Å². The smallest absolute Gasteiger partial charge is 0.255 e. The molecule has 0 aliphatic carbocycles. The lowest BCUT2D eigenvalue weighted by Crippen LogP contribution is -2.17. The van der Waals surface area contributed by atoms with E-state index in [0.29, 0.717) is 5.69 Å². The molecule has 0 amide bonds. The average molecular weight is 238 g/mol. The van der Waals surface area contributed by atoms with E-state index in [4.69, 9.17) is 6.85 Å². The predicted octanol–water partition coefficient (Wildman–Crippen LogP) is 2.12. The number of methoxy groups -OCH3 is 1. The molecule has 0 saturated carbocycles. The number of benzene rings is 1. The van der Waals surface area contributed by atoms with E-state index in [2.05, 4.69) is 4.74 Å². The fourth-order valence-electron chi connectivity index (χ4n) is 1.41.